The number of hydrogen-bond acceptors (Lipinski definition) is 4. The van der Waals surface area contributed by atoms with Gasteiger partial charge in [-0.3, -0.25) is 0 Å². The Balaban J connectivity index is 4.87. The lowest BCUT2D eigenvalue weighted by atomic mass is 9.97. The van der Waals surface area contributed by atoms with Crippen LogP contribution in [-0.2, 0) is 9.59 Å². The van der Waals surface area contributed by atoms with Crippen molar-refractivity contribution in [3.8, 4) is 0 Å². The molecule has 0 aromatic heterocycles. The molecule has 0 aliphatic carbocycles. The molecule has 2 atom stereocenters. The first-order valence-corrected chi connectivity index (χ1v) is 2.86. The highest BCUT2D eigenvalue weighted by molar-refractivity contribution is 5.88. The standard InChI is InChI=1S/C6H8O6/c1-2-6(12,5(10)11)3(7)4(8)9/h2-3,7,12H,1H2,(H,8,9)(H,10,11). The highest BCUT2D eigenvalue weighted by atomic mass is 16.4. The molecule has 0 spiro atoms. The number of rotatable bonds is 4. The molecule has 0 aliphatic heterocycles. The average molecular weight is 176 g/mol. The van der Waals surface area contributed by atoms with Crippen LogP contribution in [0.3, 0.4) is 0 Å². The van der Waals surface area contributed by atoms with Gasteiger partial charge in [0.15, 0.2) is 6.10 Å². The van der Waals surface area contributed by atoms with Crippen LogP contribution >= 0.6 is 0 Å². The van der Waals surface area contributed by atoms with E-state index in [-0.39, 0.29) is 0 Å². The van der Waals surface area contributed by atoms with Crippen molar-refractivity contribution >= 4 is 11.9 Å². The van der Waals surface area contributed by atoms with E-state index in [4.69, 9.17) is 20.4 Å². The van der Waals surface area contributed by atoms with Gasteiger partial charge in [0.2, 0.25) is 5.60 Å². The first-order valence-electron chi connectivity index (χ1n) is 2.86. The number of aliphatic carboxylic acids is 2. The molecule has 0 aromatic carbocycles. The van der Waals surface area contributed by atoms with Gasteiger partial charge in [-0.25, -0.2) is 9.59 Å². The zero-order valence-electron chi connectivity index (χ0n) is 5.97. The second-order valence-corrected chi connectivity index (χ2v) is 2.08. The fraction of sp³-hybridized carbons (Fsp3) is 0.333. The normalized spacial score (nSPS) is 17.5. The summed E-state index contributed by atoms with van der Waals surface area (Å²) in [6, 6.07) is 0. The third-order valence-corrected chi connectivity index (χ3v) is 1.30. The van der Waals surface area contributed by atoms with Crippen LogP contribution in [0.25, 0.3) is 0 Å². The monoisotopic (exact) mass is 176 g/mol. The number of aliphatic hydroxyl groups excluding tert-OH is 1. The van der Waals surface area contributed by atoms with Gasteiger partial charge in [-0.15, -0.1) is 0 Å². The van der Waals surface area contributed by atoms with Gasteiger partial charge in [0.25, 0.3) is 0 Å². The molecule has 0 fully saturated rings. The number of carbonyl (C=O) groups is 2. The van der Waals surface area contributed by atoms with Crippen molar-refractivity contribution < 1.29 is 30.0 Å². The van der Waals surface area contributed by atoms with E-state index in [9.17, 15) is 9.59 Å². The van der Waals surface area contributed by atoms with Crippen molar-refractivity contribution in [3.05, 3.63) is 12.7 Å². The fourth-order valence-electron chi connectivity index (χ4n) is 0.504. The van der Waals surface area contributed by atoms with E-state index in [1.54, 1.807) is 0 Å². The Bertz CT molecular complexity index is 222. The summed E-state index contributed by atoms with van der Waals surface area (Å²) in [6.45, 7) is 2.90. The smallest absolute Gasteiger partial charge is 0.343 e. The van der Waals surface area contributed by atoms with E-state index in [0.29, 0.717) is 6.08 Å². The lowest BCUT2D eigenvalue weighted by Gasteiger charge is -2.21. The maximum atomic E-state index is 10.3. The summed E-state index contributed by atoms with van der Waals surface area (Å²) in [5.74, 6) is -3.70. The number of aliphatic hydroxyl groups is 2. The fourth-order valence-corrected chi connectivity index (χ4v) is 0.504. The van der Waals surface area contributed by atoms with E-state index in [0.717, 1.165) is 0 Å². The molecular weight excluding hydrogens is 168 g/mol. The largest absolute Gasteiger partial charge is 0.479 e. The molecule has 0 amide bonds. The second-order valence-electron chi connectivity index (χ2n) is 2.08. The summed E-state index contributed by atoms with van der Waals surface area (Å²) in [5, 5.41) is 34.2. The predicted octanol–water partition coefficient (Wildman–Crippen LogP) is -1.57. The molecule has 0 aliphatic rings. The topological polar surface area (TPSA) is 115 Å². The van der Waals surface area contributed by atoms with Crippen molar-refractivity contribution in [1.29, 1.82) is 0 Å². The highest BCUT2D eigenvalue weighted by Crippen LogP contribution is 2.12. The van der Waals surface area contributed by atoms with Crippen molar-refractivity contribution in [3.63, 3.8) is 0 Å². The van der Waals surface area contributed by atoms with Gasteiger partial charge >= 0.3 is 11.9 Å². The quantitative estimate of drug-likeness (QED) is 0.385. The van der Waals surface area contributed by atoms with E-state index in [1.807, 2.05) is 0 Å². The van der Waals surface area contributed by atoms with Crippen molar-refractivity contribution in [2.75, 3.05) is 0 Å². The van der Waals surface area contributed by atoms with Crippen molar-refractivity contribution in [1.82, 2.24) is 0 Å². The Kier molecular flexibility index (Phi) is 2.94. The molecule has 4 N–H and O–H groups in total. The maximum absolute atomic E-state index is 10.3. The predicted molar refractivity (Wildman–Crippen MR) is 36.4 cm³/mol. The summed E-state index contributed by atoms with van der Waals surface area (Å²) in [6.07, 6.45) is -1.97. The first kappa shape index (κ1) is 10.6. The van der Waals surface area contributed by atoms with Crippen LogP contribution in [0, 0.1) is 0 Å². The SMILES string of the molecule is C=CC(O)(C(=O)O)C(O)C(=O)O. The summed E-state index contributed by atoms with van der Waals surface area (Å²) in [7, 11) is 0. The molecule has 0 bridgehead atoms. The molecule has 0 rings (SSSR count). The van der Waals surface area contributed by atoms with Crippen LogP contribution in [0.15, 0.2) is 12.7 Å². The van der Waals surface area contributed by atoms with Gasteiger partial charge in [0.1, 0.15) is 0 Å². The van der Waals surface area contributed by atoms with Gasteiger partial charge < -0.3 is 20.4 Å². The molecule has 6 heteroatoms. The van der Waals surface area contributed by atoms with E-state index < -0.39 is 23.6 Å². The third-order valence-electron chi connectivity index (χ3n) is 1.30. The molecule has 0 radical (unpaired) electrons. The lowest BCUT2D eigenvalue weighted by molar-refractivity contribution is -0.175. The summed E-state index contributed by atoms with van der Waals surface area (Å²) >= 11 is 0. The third kappa shape index (κ3) is 1.60. The first-order chi connectivity index (χ1) is 5.36. The van der Waals surface area contributed by atoms with Crippen LogP contribution < -0.4 is 0 Å². The number of hydrogen-bond donors (Lipinski definition) is 4. The molecular formula is C6H8O6. The molecule has 12 heavy (non-hydrogen) atoms. The second kappa shape index (κ2) is 3.33. The molecule has 0 aromatic rings. The van der Waals surface area contributed by atoms with Gasteiger partial charge in [-0.05, 0) is 6.08 Å². The molecule has 0 saturated carbocycles. The summed E-state index contributed by atoms with van der Waals surface area (Å²) in [4.78, 5) is 20.3. The highest BCUT2D eigenvalue weighted by Gasteiger charge is 2.45. The number of carboxylic acids is 2. The van der Waals surface area contributed by atoms with Gasteiger partial charge in [0.05, 0.1) is 0 Å². The summed E-state index contributed by atoms with van der Waals surface area (Å²) in [5.41, 5.74) is -2.84. The molecule has 2 unspecified atom stereocenters. The van der Waals surface area contributed by atoms with Crippen LogP contribution in [0.1, 0.15) is 0 Å². The Morgan fingerprint density at radius 3 is 1.92 bits per heavy atom. The van der Waals surface area contributed by atoms with Gasteiger partial charge in [-0.1, -0.05) is 6.58 Å². The Morgan fingerprint density at radius 1 is 1.42 bits per heavy atom. The van der Waals surface area contributed by atoms with E-state index in [2.05, 4.69) is 6.58 Å². The Labute approximate surface area is 67.4 Å². The Morgan fingerprint density at radius 2 is 1.83 bits per heavy atom. The summed E-state index contributed by atoms with van der Waals surface area (Å²) < 4.78 is 0. The Hall–Kier alpha value is -1.40. The minimum atomic E-state index is -2.84. The van der Waals surface area contributed by atoms with Crippen LogP contribution in [0.4, 0.5) is 0 Å². The van der Waals surface area contributed by atoms with Gasteiger partial charge in [-0.2, -0.15) is 0 Å². The molecule has 6 nitrogen and oxygen atoms in total. The zero-order chi connectivity index (χ0) is 9.94. The minimum Gasteiger partial charge on any atom is -0.479 e. The maximum Gasteiger partial charge on any atom is 0.343 e. The van der Waals surface area contributed by atoms with Crippen molar-refractivity contribution in [2.24, 2.45) is 0 Å². The minimum absolute atomic E-state index is 0.452. The van der Waals surface area contributed by atoms with E-state index in [1.165, 1.54) is 0 Å². The van der Waals surface area contributed by atoms with Crippen LogP contribution in [0.2, 0.25) is 0 Å². The van der Waals surface area contributed by atoms with Gasteiger partial charge in [0, 0.05) is 0 Å². The van der Waals surface area contributed by atoms with E-state index >= 15 is 0 Å². The zero-order valence-corrected chi connectivity index (χ0v) is 5.97. The molecule has 68 valence electrons. The van der Waals surface area contributed by atoms with Crippen LogP contribution in [0.5, 0.6) is 0 Å². The van der Waals surface area contributed by atoms with Crippen LogP contribution in [-0.4, -0.2) is 44.1 Å². The average Bonchev–Trinajstić information content (AvgIpc) is 2.01. The molecule has 0 heterocycles. The number of carboxylic acid groups (broad SMARTS) is 2. The lowest BCUT2D eigenvalue weighted by Crippen LogP contribution is -2.51. The molecule has 0 saturated heterocycles. The van der Waals surface area contributed by atoms with Crippen molar-refractivity contribution in [2.45, 2.75) is 11.7 Å².